The van der Waals surface area contributed by atoms with Crippen molar-refractivity contribution in [3.8, 4) is 11.3 Å². The van der Waals surface area contributed by atoms with Crippen LogP contribution in [0.25, 0.3) is 11.3 Å². The molecular weight excluding hydrogens is 577 g/mol. The average molecular weight is 610 g/mol. The summed E-state index contributed by atoms with van der Waals surface area (Å²) in [4.78, 5) is 20.8. The van der Waals surface area contributed by atoms with E-state index < -0.39 is 16.0 Å². The van der Waals surface area contributed by atoms with Crippen LogP contribution in [0.4, 0.5) is 15.9 Å². The first-order chi connectivity index (χ1) is 20.0. The van der Waals surface area contributed by atoms with Gasteiger partial charge in [-0.2, -0.15) is 8.42 Å². The van der Waals surface area contributed by atoms with Crippen molar-refractivity contribution in [3.63, 3.8) is 0 Å². The van der Waals surface area contributed by atoms with Gasteiger partial charge in [0.1, 0.15) is 5.82 Å². The van der Waals surface area contributed by atoms with Crippen LogP contribution >= 0.6 is 11.6 Å². The maximum atomic E-state index is 15.0. The maximum Gasteiger partial charge on any atom is 0.352 e. The summed E-state index contributed by atoms with van der Waals surface area (Å²) in [7, 11) is -4.37. The Morgan fingerprint density at radius 1 is 1.05 bits per heavy atom. The van der Waals surface area contributed by atoms with Gasteiger partial charge in [0.25, 0.3) is 0 Å². The highest BCUT2D eigenvalue weighted by atomic mass is 35.5. The second kappa shape index (κ2) is 11.5. The van der Waals surface area contributed by atoms with Crippen LogP contribution in [0.3, 0.4) is 0 Å². The highest BCUT2D eigenvalue weighted by Gasteiger charge is 2.42. The van der Waals surface area contributed by atoms with E-state index in [9.17, 15) is 17.6 Å². The summed E-state index contributed by atoms with van der Waals surface area (Å²) in [5.41, 5.74) is 2.80. The number of hydrogen-bond acceptors (Lipinski definition) is 5. The van der Waals surface area contributed by atoms with Crippen LogP contribution in [-0.2, 0) is 27.8 Å². The molecule has 2 aliphatic rings. The topological polar surface area (TPSA) is 86.2 Å². The van der Waals surface area contributed by atoms with Crippen LogP contribution in [0, 0.1) is 5.82 Å². The predicted molar refractivity (Wildman–Crippen MR) is 165 cm³/mol. The van der Waals surface area contributed by atoms with Crippen LogP contribution < -0.4 is 4.31 Å². The lowest BCUT2D eigenvalue weighted by atomic mass is 10.0. The molecule has 0 aliphatic carbocycles. The maximum absolute atomic E-state index is 15.0. The van der Waals surface area contributed by atoms with E-state index in [0.717, 1.165) is 11.1 Å². The van der Waals surface area contributed by atoms with E-state index in [0.29, 0.717) is 37.2 Å². The Balaban J connectivity index is 1.77. The lowest BCUT2D eigenvalue weighted by molar-refractivity contribution is -0.130. The number of halogens is 2. The fourth-order valence-corrected chi connectivity index (χ4v) is 7.28. The summed E-state index contributed by atoms with van der Waals surface area (Å²) in [5, 5.41) is 0.159. The van der Waals surface area contributed by atoms with E-state index in [4.69, 9.17) is 16.6 Å². The van der Waals surface area contributed by atoms with E-state index >= 15 is 0 Å². The molecule has 5 rings (SSSR count). The van der Waals surface area contributed by atoms with Crippen molar-refractivity contribution in [2.75, 3.05) is 17.4 Å². The van der Waals surface area contributed by atoms with Gasteiger partial charge in [0, 0.05) is 30.7 Å². The zero-order valence-corrected chi connectivity index (χ0v) is 25.6. The molecule has 220 valence electrons. The molecule has 1 saturated heterocycles. The first-order valence-corrected chi connectivity index (χ1v) is 15.7. The number of amides is 1. The number of aryl methyl sites for hydroxylation is 2. The number of fused-ring (bicyclic) bond motifs is 1. The van der Waals surface area contributed by atoms with Crippen molar-refractivity contribution < 1.29 is 17.6 Å². The fraction of sp³-hybridized carbons (Fsp3) is 0.323. The predicted octanol–water partition coefficient (Wildman–Crippen LogP) is 5.92. The normalized spacial score (nSPS) is 19.8. The SMILES string of the molecule is C=CC(=O)N1CC(C)N(C2=NS(=O)(=O)N(c3c(CC)cccc3CC)c3nc(-c4ccccc4F)c(Cl)cc32)CC1C. The molecule has 0 radical (unpaired) electrons. The molecule has 0 spiro atoms. The minimum atomic E-state index is -4.37. The van der Waals surface area contributed by atoms with E-state index in [-0.39, 0.29) is 45.9 Å². The summed E-state index contributed by atoms with van der Waals surface area (Å²) in [6.07, 6.45) is 2.42. The zero-order chi connectivity index (χ0) is 30.3. The molecule has 2 unspecified atom stereocenters. The number of para-hydroxylation sites is 1. The number of anilines is 2. The van der Waals surface area contributed by atoms with Crippen molar-refractivity contribution in [1.82, 2.24) is 14.8 Å². The van der Waals surface area contributed by atoms with Gasteiger partial charge in [-0.1, -0.05) is 62.4 Å². The van der Waals surface area contributed by atoms with Crippen LogP contribution in [0.1, 0.15) is 44.4 Å². The van der Waals surface area contributed by atoms with Crippen molar-refractivity contribution in [3.05, 3.63) is 88.7 Å². The summed E-state index contributed by atoms with van der Waals surface area (Å²) in [6.45, 7) is 12.0. The Morgan fingerprint density at radius 2 is 1.71 bits per heavy atom. The molecule has 1 fully saturated rings. The highest BCUT2D eigenvalue weighted by molar-refractivity contribution is 7.92. The molecule has 2 aromatic carbocycles. The first-order valence-electron chi connectivity index (χ1n) is 13.9. The minimum Gasteiger partial charge on any atom is -0.349 e. The van der Waals surface area contributed by atoms with E-state index in [2.05, 4.69) is 11.0 Å². The van der Waals surface area contributed by atoms with E-state index in [1.807, 2.05) is 50.8 Å². The highest BCUT2D eigenvalue weighted by Crippen LogP contribution is 2.43. The van der Waals surface area contributed by atoms with Gasteiger partial charge < -0.3 is 9.80 Å². The van der Waals surface area contributed by atoms with Gasteiger partial charge in [0.15, 0.2) is 11.7 Å². The standard InChI is InChI=1S/C31H33ClFN5O3S/c1-6-21-12-11-13-22(7-2)29(21)38-30-24(16-25(32)28(34-30)23-14-9-10-15-26(23)33)31(35-42(38,40)41)37-18-19(4)36(17-20(37)5)27(39)8-3/h8-16,19-20H,3,6-7,17-18H2,1-2,4-5H3. The second-order valence-corrected chi connectivity index (χ2v) is 12.4. The van der Waals surface area contributed by atoms with Gasteiger partial charge in [-0.05, 0) is 62.1 Å². The van der Waals surface area contributed by atoms with Crippen molar-refractivity contribution in [2.45, 2.75) is 52.6 Å². The number of aromatic nitrogens is 1. The molecular formula is C31H33ClFN5O3S. The Labute approximate surface area is 251 Å². The first kappa shape index (κ1) is 29.7. The minimum absolute atomic E-state index is 0.0997. The van der Waals surface area contributed by atoms with E-state index in [1.54, 1.807) is 29.2 Å². The summed E-state index contributed by atoms with van der Waals surface area (Å²) >= 11 is 6.77. The zero-order valence-electron chi connectivity index (χ0n) is 24.0. The lowest BCUT2D eigenvalue weighted by Gasteiger charge is -2.46. The molecule has 42 heavy (non-hydrogen) atoms. The largest absolute Gasteiger partial charge is 0.352 e. The molecule has 0 saturated carbocycles. The third-order valence-corrected chi connectivity index (χ3v) is 9.34. The number of nitrogens with zero attached hydrogens (tertiary/aromatic N) is 5. The lowest BCUT2D eigenvalue weighted by Crippen LogP contribution is -2.60. The van der Waals surface area contributed by atoms with Crippen LogP contribution in [0.2, 0.25) is 5.02 Å². The summed E-state index contributed by atoms with van der Waals surface area (Å²) < 4.78 is 49.0. The van der Waals surface area contributed by atoms with E-state index in [1.165, 1.54) is 16.4 Å². The van der Waals surface area contributed by atoms with Crippen LogP contribution in [0.15, 0.2) is 65.6 Å². The van der Waals surface area contributed by atoms with Crippen molar-refractivity contribution in [2.24, 2.45) is 4.40 Å². The Morgan fingerprint density at radius 3 is 2.33 bits per heavy atom. The third-order valence-electron chi connectivity index (χ3n) is 7.83. The molecule has 3 aromatic rings. The monoisotopic (exact) mass is 609 g/mol. The number of piperazine rings is 1. The number of carbonyl (C=O) groups excluding carboxylic acids is 1. The average Bonchev–Trinajstić information content (AvgIpc) is 2.97. The molecule has 3 heterocycles. The number of benzene rings is 2. The molecule has 2 atom stereocenters. The van der Waals surface area contributed by atoms with Gasteiger partial charge in [0.2, 0.25) is 5.91 Å². The van der Waals surface area contributed by atoms with Crippen LogP contribution in [0.5, 0.6) is 0 Å². The number of rotatable bonds is 5. The van der Waals surface area contributed by atoms with Gasteiger partial charge >= 0.3 is 10.2 Å². The van der Waals surface area contributed by atoms with Gasteiger partial charge in [-0.25, -0.2) is 13.7 Å². The molecule has 1 amide bonds. The van der Waals surface area contributed by atoms with Crippen molar-refractivity contribution in [1.29, 1.82) is 0 Å². The number of hydrogen-bond donors (Lipinski definition) is 0. The quantitative estimate of drug-likeness (QED) is 0.335. The Bertz CT molecular complexity index is 1690. The molecule has 0 N–H and O–H groups in total. The fourth-order valence-electron chi connectivity index (χ4n) is 5.70. The van der Waals surface area contributed by atoms with Crippen molar-refractivity contribution >= 4 is 45.1 Å². The molecule has 1 aromatic heterocycles. The number of amidine groups is 1. The third kappa shape index (κ3) is 5.07. The Kier molecular flexibility index (Phi) is 8.13. The molecule has 0 bridgehead atoms. The molecule has 2 aliphatic heterocycles. The smallest absolute Gasteiger partial charge is 0.349 e. The molecule has 11 heteroatoms. The number of carbonyl (C=O) groups is 1. The van der Waals surface area contributed by atoms with Crippen LogP contribution in [-0.4, -0.2) is 60.1 Å². The van der Waals surface area contributed by atoms with Gasteiger partial charge in [0.05, 0.1) is 22.0 Å². The summed E-state index contributed by atoms with van der Waals surface area (Å²) in [6, 6.07) is 12.9. The second-order valence-electron chi connectivity index (χ2n) is 10.5. The van der Waals surface area contributed by atoms with Gasteiger partial charge in [-0.3, -0.25) is 4.79 Å². The summed E-state index contributed by atoms with van der Waals surface area (Å²) in [5.74, 6) is -0.434. The number of pyridine rings is 1. The Hall–Kier alpha value is -3.76. The van der Waals surface area contributed by atoms with Gasteiger partial charge in [-0.15, -0.1) is 4.40 Å². The molecule has 8 nitrogen and oxygen atoms in total.